The molecule has 4 aromatic rings. The summed E-state index contributed by atoms with van der Waals surface area (Å²) in [6, 6.07) is 19.5. The van der Waals surface area contributed by atoms with Gasteiger partial charge in [0.1, 0.15) is 11.4 Å². The first kappa shape index (κ1) is 15.2. The van der Waals surface area contributed by atoms with Gasteiger partial charge >= 0.3 is 0 Å². The fourth-order valence-corrected chi connectivity index (χ4v) is 2.71. The normalized spacial score (nSPS) is 10.9. The number of nitrogens with one attached hydrogen (secondary N) is 2. The van der Waals surface area contributed by atoms with Gasteiger partial charge in [-0.15, -0.1) is 0 Å². The number of carbonyl (C=O) groups excluding carboxylic acids is 1. The highest BCUT2D eigenvalue weighted by Crippen LogP contribution is 2.21. The number of nitrogens with zero attached hydrogens (tertiary/aromatic N) is 1. The van der Waals surface area contributed by atoms with Crippen molar-refractivity contribution in [2.24, 2.45) is 0 Å². The number of benzene rings is 2. The molecular weight excluding hydrogens is 314 g/mol. The molecule has 2 aromatic carbocycles. The van der Waals surface area contributed by atoms with E-state index in [0.717, 1.165) is 16.5 Å². The maximum Gasteiger partial charge on any atom is 0.268 e. The van der Waals surface area contributed by atoms with Crippen LogP contribution in [0.5, 0.6) is 0 Å². The van der Waals surface area contributed by atoms with Gasteiger partial charge in [0, 0.05) is 22.5 Å². The maximum atomic E-state index is 12.3. The van der Waals surface area contributed by atoms with Crippen LogP contribution in [0.15, 0.2) is 65.2 Å². The summed E-state index contributed by atoms with van der Waals surface area (Å²) in [4.78, 5) is 15.4. The molecular formula is C20H17N3O2. The smallest absolute Gasteiger partial charge is 0.268 e. The van der Waals surface area contributed by atoms with Crippen LogP contribution in [0.3, 0.4) is 0 Å². The maximum absolute atomic E-state index is 12.3. The second-order valence-corrected chi connectivity index (χ2v) is 6.00. The first-order valence-electron chi connectivity index (χ1n) is 8.07. The van der Waals surface area contributed by atoms with E-state index in [1.165, 1.54) is 5.56 Å². The minimum absolute atomic E-state index is 0.170. The molecule has 0 atom stereocenters. The Morgan fingerprint density at radius 3 is 2.72 bits per heavy atom. The Hall–Kier alpha value is -3.34. The SMILES string of the molecule is Cc1ccc(-c2cc(CNC(=O)c3cc4ccccc4[nH]3)no2)cc1. The van der Waals surface area contributed by atoms with Crippen molar-refractivity contribution in [3.63, 3.8) is 0 Å². The van der Waals surface area contributed by atoms with Gasteiger partial charge in [0.2, 0.25) is 0 Å². The third-order valence-electron chi connectivity index (χ3n) is 4.10. The zero-order valence-corrected chi connectivity index (χ0v) is 13.7. The molecule has 0 saturated carbocycles. The van der Waals surface area contributed by atoms with Crippen LogP contribution in [0.4, 0.5) is 0 Å². The lowest BCUT2D eigenvalue weighted by atomic mass is 10.1. The number of carbonyl (C=O) groups is 1. The van der Waals surface area contributed by atoms with E-state index in [1.807, 2.05) is 67.6 Å². The van der Waals surface area contributed by atoms with Crippen molar-refractivity contribution in [1.82, 2.24) is 15.5 Å². The molecule has 0 aliphatic rings. The van der Waals surface area contributed by atoms with Gasteiger partial charge in [-0.05, 0) is 19.1 Å². The van der Waals surface area contributed by atoms with E-state index in [1.54, 1.807) is 0 Å². The number of amides is 1. The molecule has 2 aromatic heterocycles. The Kier molecular flexibility index (Phi) is 3.82. The van der Waals surface area contributed by atoms with Crippen molar-refractivity contribution in [1.29, 1.82) is 0 Å². The molecule has 4 rings (SSSR count). The van der Waals surface area contributed by atoms with E-state index in [9.17, 15) is 4.79 Å². The van der Waals surface area contributed by atoms with Crippen LogP contribution in [0.1, 0.15) is 21.7 Å². The molecule has 0 bridgehead atoms. The topological polar surface area (TPSA) is 70.9 Å². The molecule has 0 aliphatic carbocycles. The molecule has 2 heterocycles. The number of fused-ring (bicyclic) bond motifs is 1. The van der Waals surface area contributed by atoms with Crippen LogP contribution < -0.4 is 5.32 Å². The predicted molar refractivity (Wildman–Crippen MR) is 96.1 cm³/mol. The molecule has 5 nitrogen and oxygen atoms in total. The number of H-pyrrole nitrogens is 1. The van der Waals surface area contributed by atoms with Crippen LogP contribution in [-0.2, 0) is 6.54 Å². The quantitative estimate of drug-likeness (QED) is 0.592. The van der Waals surface area contributed by atoms with Crippen LogP contribution >= 0.6 is 0 Å². The van der Waals surface area contributed by atoms with Crippen molar-refractivity contribution in [3.05, 3.63) is 77.6 Å². The lowest BCUT2D eigenvalue weighted by molar-refractivity contribution is 0.0946. The highest BCUT2D eigenvalue weighted by molar-refractivity contribution is 5.97. The molecule has 0 radical (unpaired) electrons. The summed E-state index contributed by atoms with van der Waals surface area (Å²) in [5, 5.41) is 7.89. The molecule has 1 amide bonds. The average Bonchev–Trinajstić information content (AvgIpc) is 3.27. The highest BCUT2D eigenvalue weighted by Gasteiger charge is 2.11. The fraction of sp³-hybridized carbons (Fsp3) is 0.100. The van der Waals surface area contributed by atoms with Gasteiger partial charge in [-0.3, -0.25) is 4.79 Å². The van der Waals surface area contributed by atoms with Gasteiger partial charge in [-0.1, -0.05) is 53.2 Å². The van der Waals surface area contributed by atoms with Crippen LogP contribution in [0, 0.1) is 6.92 Å². The Morgan fingerprint density at radius 2 is 1.92 bits per heavy atom. The Bertz CT molecular complexity index is 995. The van der Waals surface area contributed by atoms with E-state index in [-0.39, 0.29) is 5.91 Å². The molecule has 2 N–H and O–H groups in total. The second kappa shape index (κ2) is 6.28. The molecule has 124 valence electrons. The van der Waals surface area contributed by atoms with Gasteiger partial charge < -0.3 is 14.8 Å². The standard InChI is InChI=1S/C20H17N3O2/c1-13-6-8-14(9-7-13)19-11-16(23-25-19)12-21-20(24)18-10-15-4-2-3-5-17(15)22-18/h2-11,22H,12H2,1H3,(H,21,24). The molecule has 25 heavy (non-hydrogen) atoms. The zero-order valence-electron chi connectivity index (χ0n) is 13.7. The van der Waals surface area contributed by atoms with Gasteiger partial charge in [-0.25, -0.2) is 0 Å². The molecule has 0 spiro atoms. The lowest BCUT2D eigenvalue weighted by Gasteiger charge is -1.99. The van der Waals surface area contributed by atoms with Gasteiger partial charge in [0.05, 0.1) is 6.54 Å². The van der Waals surface area contributed by atoms with E-state index in [0.29, 0.717) is 23.7 Å². The molecule has 0 unspecified atom stereocenters. The van der Waals surface area contributed by atoms with Gasteiger partial charge in [0.25, 0.3) is 5.91 Å². The largest absolute Gasteiger partial charge is 0.356 e. The minimum atomic E-state index is -0.170. The summed E-state index contributed by atoms with van der Waals surface area (Å²) >= 11 is 0. The summed E-state index contributed by atoms with van der Waals surface area (Å²) in [6.07, 6.45) is 0. The van der Waals surface area contributed by atoms with E-state index in [2.05, 4.69) is 15.5 Å². The third-order valence-corrected chi connectivity index (χ3v) is 4.10. The molecule has 0 aliphatic heterocycles. The number of hydrogen-bond acceptors (Lipinski definition) is 3. The minimum Gasteiger partial charge on any atom is -0.356 e. The average molecular weight is 331 g/mol. The third kappa shape index (κ3) is 3.17. The van der Waals surface area contributed by atoms with Crippen molar-refractivity contribution < 1.29 is 9.32 Å². The lowest BCUT2D eigenvalue weighted by Crippen LogP contribution is -2.23. The first-order chi connectivity index (χ1) is 12.2. The first-order valence-corrected chi connectivity index (χ1v) is 8.07. The number of aromatic nitrogens is 2. The predicted octanol–water partition coefficient (Wildman–Crippen LogP) is 4.06. The van der Waals surface area contributed by atoms with Crippen molar-refractivity contribution in [2.75, 3.05) is 0 Å². The van der Waals surface area contributed by atoms with Gasteiger partial charge in [-0.2, -0.15) is 0 Å². The second-order valence-electron chi connectivity index (χ2n) is 6.00. The number of hydrogen-bond donors (Lipinski definition) is 2. The summed E-state index contributed by atoms with van der Waals surface area (Å²) < 4.78 is 5.37. The van der Waals surface area contributed by atoms with Crippen molar-refractivity contribution in [3.8, 4) is 11.3 Å². The van der Waals surface area contributed by atoms with Crippen LogP contribution in [0.25, 0.3) is 22.2 Å². The number of rotatable bonds is 4. The number of aryl methyl sites for hydroxylation is 1. The molecule has 0 fully saturated rings. The Balaban J connectivity index is 1.44. The number of aromatic amines is 1. The van der Waals surface area contributed by atoms with E-state index in [4.69, 9.17) is 4.52 Å². The molecule has 5 heteroatoms. The van der Waals surface area contributed by atoms with Crippen LogP contribution in [-0.4, -0.2) is 16.0 Å². The Morgan fingerprint density at radius 1 is 1.12 bits per heavy atom. The van der Waals surface area contributed by atoms with E-state index < -0.39 is 0 Å². The zero-order chi connectivity index (χ0) is 17.2. The summed E-state index contributed by atoms with van der Waals surface area (Å²) in [5.41, 5.74) is 4.31. The van der Waals surface area contributed by atoms with Gasteiger partial charge in [0.15, 0.2) is 5.76 Å². The van der Waals surface area contributed by atoms with Crippen LogP contribution in [0.2, 0.25) is 0 Å². The van der Waals surface area contributed by atoms with Crippen molar-refractivity contribution >= 4 is 16.8 Å². The fourth-order valence-electron chi connectivity index (χ4n) is 2.71. The summed E-state index contributed by atoms with van der Waals surface area (Å²) in [6.45, 7) is 2.35. The molecule has 0 saturated heterocycles. The number of para-hydroxylation sites is 1. The van der Waals surface area contributed by atoms with E-state index >= 15 is 0 Å². The summed E-state index contributed by atoms with van der Waals surface area (Å²) in [7, 11) is 0. The monoisotopic (exact) mass is 331 g/mol. The Labute approximate surface area is 144 Å². The highest BCUT2D eigenvalue weighted by atomic mass is 16.5. The van der Waals surface area contributed by atoms with Crippen molar-refractivity contribution in [2.45, 2.75) is 13.5 Å². The summed E-state index contributed by atoms with van der Waals surface area (Å²) in [5.74, 6) is 0.519.